The number of rotatable bonds is 11. The van der Waals surface area contributed by atoms with E-state index in [1.165, 1.54) is 4.90 Å². The second kappa shape index (κ2) is 11.8. The SMILES string of the molecule is CCCC[C@@H](CC)C(=O)N(CC[NH+]1CCOCC1)CC(=O)Nc1cc(C)on1. The van der Waals surface area contributed by atoms with Crippen LogP contribution in [0, 0.1) is 12.8 Å². The van der Waals surface area contributed by atoms with E-state index in [2.05, 4.69) is 17.4 Å². The van der Waals surface area contributed by atoms with Gasteiger partial charge in [-0.2, -0.15) is 0 Å². The second-order valence-corrected chi connectivity index (χ2v) is 7.49. The molecule has 158 valence electrons. The van der Waals surface area contributed by atoms with Crippen LogP contribution in [0.1, 0.15) is 45.3 Å². The summed E-state index contributed by atoms with van der Waals surface area (Å²) in [5.74, 6) is 0.817. The van der Waals surface area contributed by atoms with Crippen LogP contribution < -0.4 is 10.2 Å². The number of hydrogen-bond donors (Lipinski definition) is 2. The van der Waals surface area contributed by atoms with Crippen LogP contribution >= 0.6 is 0 Å². The van der Waals surface area contributed by atoms with Crippen molar-refractivity contribution < 1.29 is 23.7 Å². The predicted molar refractivity (Wildman–Crippen MR) is 106 cm³/mol. The van der Waals surface area contributed by atoms with Gasteiger partial charge in [0.2, 0.25) is 11.8 Å². The minimum absolute atomic E-state index is 0.0262. The Morgan fingerprint density at radius 3 is 2.68 bits per heavy atom. The largest absolute Gasteiger partial charge is 0.370 e. The molecule has 1 aromatic rings. The number of unbranched alkanes of at least 4 members (excludes halogenated alkanes) is 1. The molecule has 2 amide bonds. The Bertz CT molecular complexity index is 613. The molecule has 1 atom stereocenters. The fourth-order valence-corrected chi connectivity index (χ4v) is 3.46. The molecule has 0 aliphatic carbocycles. The maximum absolute atomic E-state index is 13.1. The van der Waals surface area contributed by atoms with E-state index in [4.69, 9.17) is 9.26 Å². The zero-order chi connectivity index (χ0) is 20.4. The Morgan fingerprint density at radius 1 is 1.32 bits per heavy atom. The molecule has 1 saturated heterocycles. The van der Waals surface area contributed by atoms with E-state index in [0.29, 0.717) is 18.1 Å². The lowest BCUT2D eigenvalue weighted by molar-refractivity contribution is -0.907. The van der Waals surface area contributed by atoms with Crippen LogP contribution in [-0.2, 0) is 14.3 Å². The summed E-state index contributed by atoms with van der Waals surface area (Å²) in [6.07, 6.45) is 3.76. The van der Waals surface area contributed by atoms with Crippen molar-refractivity contribution in [3.05, 3.63) is 11.8 Å². The predicted octanol–water partition coefficient (Wildman–Crippen LogP) is 0.882. The van der Waals surface area contributed by atoms with Crippen LogP contribution in [0.3, 0.4) is 0 Å². The first kappa shape index (κ1) is 22.4. The maximum atomic E-state index is 13.1. The summed E-state index contributed by atoms with van der Waals surface area (Å²) in [4.78, 5) is 28.8. The minimum atomic E-state index is -0.246. The normalized spacial score (nSPS) is 16.0. The highest BCUT2D eigenvalue weighted by Gasteiger charge is 2.26. The molecule has 8 heteroatoms. The van der Waals surface area contributed by atoms with Crippen molar-refractivity contribution in [2.24, 2.45) is 5.92 Å². The number of carbonyl (C=O) groups is 2. The Hall–Kier alpha value is -1.93. The molecule has 0 radical (unpaired) electrons. The number of nitrogens with zero attached hydrogens (tertiary/aromatic N) is 2. The third-order valence-electron chi connectivity index (χ3n) is 5.22. The molecule has 2 N–H and O–H groups in total. The van der Waals surface area contributed by atoms with Crippen molar-refractivity contribution in [3.63, 3.8) is 0 Å². The van der Waals surface area contributed by atoms with Gasteiger partial charge in [-0.05, 0) is 19.8 Å². The van der Waals surface area contributed by atoms with Gasteiger partial charge in [0.05, 0.1) is 26.3 Å². The molecule has 0 unspecified atom stereocenters. The van der Waals surface area contributed by atoms with Crippen LogP contribution in [0.2, 0.25) is 0 Å². The topological polar surface area (TPSA) is 89.1 Å². The van der Waals surface area contributed by atoms with E-state index in [-0.39, 0.29) is 24.3 Å². The number of morpholine rings is 1. The smallest absolute Gasteiger partial charge is 0.245 e. The monoisotopic (exact) mass is 395 g/mol. The third kappa shape index (κ3) is 7.24. The summed E-state index contributed by atoms with van der Waals surface area (Å²) in [5, 5.41) is 6.51. The molecule has 0 saturated carbocycles. The van der Waals surface area contributed by atoms with E-state index in [1.807, 2.05) is 6.92 Å². The lowest BCUT2D eigenvalue weighted by Crippen LogP contribution is -3.14. The number of aromatic nitrogens is 1. The van der Waals surface area contributed by atoms with Gasteiger partial charge < -0.3 is 24.4 Å². The highest BCUT2D eigenvalue weighted by atomic mass is 16.5. The average Bonchev–Trinajstić information content (AvgIpc) is 3.10. The number of aryl methyl sites for hydroxylation is 1. The van der Waals surface area contributed by atoms with E-state index >= 15 is 0 Å². The van der Waals surface area contributed by atoms with Gasteiger partial charge in [0, 0.05) is 12.0 Å². The number of amides is 2. The van der Waals surface area contributed by atoms with Crippen LogP contribution in [0.25, 0.3) is 0 Å². The van der Waals surface area contributed by atoms with Crippen LogP contribution in [-0.4, -0.2) is 67.8 Å². The number of hydrogen-bond acceptors (Lipinski definition) is 5. The van der Waals surface area contributed by atoms with Gasteiger partial charge in [-0.15, -0.1) is 0 Å². The van der Waals surface area contributed by atoms with Gasteiger partial charge >= 0.3 is 0 Å². The van der Waals surface area contributed by atoms with Crippen molar-refractivity contribution in [2.75, 3.05) is 51.3 Å². The highest BCUT2D eigenvalue weighted by molar-refractivity contribution is 5.94. The summed E-state index contributed by atoms with van der Waals surface area (Å²) < 4.78 is 10.4. The van der Waals surface area contributed by atoms with Crippen molar-refractivity contribution in [1.82, 2.24) is 10.1 Å². The molecule has 1 aliphatic rings. The molecular weight excluding hydrogens is 360 g/mol. The number of ether oxygens (including phenoxy) is 1. The molecule has 0 aromatic carbocycles. The molecule has 1 aromatic heterocycles. The summed E-state index contributed by atoms with van der Waals surface area (Å²) in [7, 11) is 0. The molecule has 2 rings (SSSR count). The Kier molecular flexibility index (Phi) is 9.43. The van der Waals surface area contributed by atoms with Crippen LogP contribution in [0.15, 0.2) is 10.6 Å². The van der Waals surface area contributed by atoms with Crippen molar-refractivity contribution >= 4 is 17.6 Å². The van der Waals surface area contributed by atoms with Gasteiger partial charge in [-0.3, -0.25) is 9.59 Å². The zero-order valence-corrected chi connectivity index (χ0v) is 17.5. The quantitative estimate of drug-likeness (QED) is 0.581. The fourth-order valence-electron chi connectivity index (χ4n) is 3.46. The van der Waals surface area contributed by atoms with E-state index in [9.17, 15) is 9.59 Å². The van der Waals surface area contributed by atoms with Gasteiger partial charge in [-0.25, -0.2) is 0 Å². The second-order valence-electron chi connectivity index (χ2n) is 7.49. The molecule has 1 aliphatic heterocycles. The van der Waals surface area contributed by atoms with Gasteiger partial charge in [0.25, 0.3) is 0 Å². The lowest BCUT2D eigenvalue weighted by atomic mass is 9.97. The number of anilines is 1. The first-order chi connectivity index (χ1) is 13.5. The van der Waals surface area contributed by atoms with E-state index < -0.39 is 0 Å². The molecular formula is C20H35N4O4+. The van der Waals surface area contributed by atoms with E-state index in [1.54, 1.807) is 17.9 Å². The molecule has 0 spiro atoms. The number of quaternary nitrogens is 1. The summed E-state index contributed by atoms with van der Waals surface area (Å²) in [6, 6.07) is 1.66. The number of carbonyl (C=O) groups excluding carboxylic acids is 2. The summed E-state index contributed by atoms with van der Waals surface area (Å²) in [5.41, 5.74) is 0. The van der Waals surface area contributed by atoms with Gasteiger partial charge in [0.15, 0.2) is 5.82 Å². The molecule has 2 heterocycles. The fraction of sp³-hybridized carbons (Fsp3) is 0.750. The Labute approximate surface area is 167 Å². The highest BCUT2D eigenvalue weighted by Crippen LogP contribution is 2.16. The molecule has 0 bridgehead atoms. The van der Waals surface area contributed by atoms with Crippen LogP contribution in [0.5, 0.6) is 0 Å². The van der Waals surface area contributed by atoms with Crippen molar-refractivity contribution in [2.45, 2.75) is 46.5 Å². The first-order valence-electron chi connectivity index (χ1n) is 10.5. The molecule has 8 nitrogen and oxygen atoms in total. The lowest BCUT2D eigenvalue weighted by Gasteiger charge is -2.29. The molecule has 1 fully saturated rings. The zero-order valence-electron chi connectivity index (χ0n) is 17.5. The summed E-state index contributed by atoms with van der Waals surface area (Å²) in [6.45, 7) is 10.8. The van der Waals surface area contributed by atoms with Crippen molar-refractivity contribution in [3.8, 4) is 0 Å². The van der Waals surface area contributed by atoms with E-state index in [0.717, 1.165) is 58.5 Å². The van der Waals surface area contributed by atoms with Gasteiger partial charge in [-0.1, -0.05) is 31.8 Å². The minimum Gasteiger partial charge on any atom is -0.370 e. The van der Waals surface area contributed by atoms with Crippen molar-refractivity contribution in [1.29, 1.82) is 0 Å². The third-order valence-corrected chi connectivity index (χ3v) is 5.22. The van der Waals surface area contributed by atoms with Crippen LogP contribution in [0.4, 0.5) is 5.82 Å². The summed E-state index contributed by atoms with van der Waals surface area (Å²) >= 11 is 0. The maximum Gasteiger partial charge on any atom is 0.245 e. The van der Waals surface area contributed by atoms with Gasteiger partial charge in [0.1, 0.15) is 25.4 Å². The average molecular weight is 396 g/mol. The first-order valence-corrected chi connectivity index (χ1v) is 10.5. The molecule has 28 heavy (non-hydrogen) atoms. The Balaban J connectivity index is 1.98. The number of nitrogens with one attached hydrogen (secondary N) is 2. The Morgan fingerprint density at radius 2 is 2.07 bits per heavy atom. The standard InChI is InChI=1S/C20H34N4O4/c1-4-6-7-17(5-2)20(26)24(9-8-23-10-12-27-13-11-23)15-19(25)21-18-14-16(3)28-22-18/h14,17H,4-13,15H2,1-3H3,(H,21,22,25)/p+1/t17-/m1/s1.